The number of aromatic carboxylic acids is 1. The molecule has 0 radical (unpaired) electrons. The standard InChI is InChI=1S/C19H13BrF3NO3S.Na/c20-14-4-2-1-3-11(14)9-27-16-6-5-13(19(21,22)23)7-12(16)8-17-24-15(10-28-17)18(25)26;/h1-7,10H,8-9H2,(H,25,26);/q;+1/p-1. The first-order valence-corrected chi connectivity index (χ1v) is 9.63. The van der Waals surface area contributed by atoms with Gasteiger partial charge in [0.15, 0.2) is 0 Å². The van der Waals surface area contributed by atoms with Crippen LogP contribution in [0, 0.1) is 0 Å². The number of alkyl halides is 3. The Morgan fingerprint density at radius 3 is 2.52 bits per heavy atom. The fraction of sp³-hybridized carbons (Fsp3) is 0.158. The van der Waals surface area contributed by atoms with E-state index in [0.717, 1.165) is 33.5 Å². The second-order valence-electron chi connectivity index (χ2n) is 5.79. The second-order valence-corrected chi connectivity index (χ2v) is 7.59. The van der Waals surface area contributed by atoms with E-state index in [1.165, 1.54) is 11.4 Å². The maximum atomic E-state index is 13.1. The van der Waals surface area contributed by atoms with Crippen LogP contribution >= 0.6 is 27.3 Å². The predicted molar refractivity (Wildman–Crippen MR) is 99.2 cm³/mol. The van der Waals surface area contributed by atoms with Crippen molar-refractivity contribution in [3.05, 3.63) is 79.7 Å². The molecule has 0 spiro atoms. The Hall–Kier alpha value is -1.39. The van der Waals surface area contributed by atoms with Crippen LogP contribution in [0.15, 0.2) is 52.3 Å². The van der Waals surface area contributed by atoms with Crippen LogP contribution in [0.1, 0.15) is 32.2 Å². The Morgan fingerprint density at radius 2 is 1.90 bits per heavy atom. The molecule has 4 nitrogen and oxygen atoms in total. The number of thiazole rings is 1. The Bertz CT molecular complexity index is 1010. The molecule has 3 rings (SSSR count). The van der Waals surface area contributed by atoms with Crippen molar-refractivity contribution >= 4 is 33.2 Å². The number of hydrogen-bond donors (Lipinski definition) is 0. The number of carbonyl (C=O) groups is 1. The predicted octanol–water partition coefficient (Wildman–Crippen LogP) is 1.46. The zero-order valence-corrected chi connectivity index (χ0v) is 19.5. The van der Waals surface area contributed by atoms with Crippen LogP contribution in [-0.4, -0.2) is 11.0 Å². The molecule has 3 aromatic rings. The molecule has 0 aliphatic heterocycles. The molecule has 0 saturated carbocycles. The molecule has 1 aromatic heterocycles. The van der Waals surface area contributed by atoms with E-state index in [-0.39, 0.29) is 59.6 Å². The smallest absolute Gasteiger partial charge is 0.543 e. The van der Waals surface area contributed by atoms with Crippen molar-refractivity contribution in [2.45, 2.75) is 19.2 Å². The Balaban J connectivity index is 0.00000300. The van der Waals surface area contributed by atoms with E-state index in [1.54, 1.807) is 0 Å². The van der Waals surface area contributed by atoms with Gasteiger partial charge < -0.3 is 14.6 Å². The van der Waals surface area contributed by atoms with Gasteiger partial charge in [-0.15, -0.1) is 11.3 Å². The largest absolute Gasteiger partial charge is 1.00 e. The number of carbonyl (C=O) groups excluding carboxylic acids is 1. The molecule has 1 heterocycles. The molecule has 2 aromatic carbocycles. The van der Waals surface area contributed by atoms with Crippen molar-refractivity contribution in [2.24, 2.45) is 0 Å². The second kappa shape index (κ2) is 10.1. The summed E-state index contributed by atoms with van der Waals surface area (Å²) in [6.45, 7) is 0.155. The Labute approximate surface area is 199 Å². The summed E-state index contributed by atoms with van der Waals surface area (Å²) in [4.78, 5) is 14.7. The number of halogens is 4. The van der Waals surface area contributed by atoms with Crippen molar-refractivity contribution in [1.29, 1.82) is 0 Å². The minimum absolute atomic E-state index is 0. The molecule has 0 amide bonds. The van der Waals surface area contributed by atoms with Gasteiger partial charge in [-0.1, -0.05) is 34.1 Å². The number of rotatable bonds is 6. The molecular weight excluding hydrogens is 482 g/mol. The quantitative estimate of drug-likeness (QED) is 0.488. The first kappa shape index (κ1) is 23.9. The molecular formula is C19H12BrF3NNaO3S. The molecule has 0 saturated heterocycles. The van der Waals surface area contributed by atoms with Crippen LogP contribution in [0.4, 0.5) is 13.2 Å². The number of benzene rings is 2. The first-order chi connectivity index (χ1) is 13.2. The summed E-state index contributed by atoms with van der Waals surface area (Å²) in [5, 5.41) is 12.5. The SMILES string of the molecule is O=C([O-])c1csc(Cc2cc(C(F)(F)F)ccc2OCc2ccccc2Br)n1.[Na+]. The summed E-state index contributed by atoms with van der Waals surface area (Å²) in [6.07, 6.45) is -4.50. The van der Waals surface area contributed by atoms with Crippen LogP contribution in [0.2, 0.25) is 0 Å². The van der Waals surface area contributed by atoms with Gasteiger partial charge in [-0.2, -0.15) is 13.2 Å². The molecule has 0 aliphatic rings. The summed E-state index contributed by atoms with van der Waals surface area (Å²) >= 11 is 4.43. The zero-order chi connectivity index (χ0) is 20.3. The van der Waals surface area contributed by atoms with E-state index in [4.69, 9.17) is 4.74 Å². The van der Waals surface area contributed by atoms with Crippen LogP contribution in [-0.2, 0) is 19.2 Å². The van der Waals surface area contributed by atoms with Gasteiger partial charge in [0.05, 0.1) is 22.2 Å². The van der Waals surface area contributed by atoms with Gasteiger partial charge in [0.25, 0.3) is 0 Å². The topological polar surface area (TPSA) is 62.2 Å². The van der Waals surface area contributed by atoms with Gasteiger partial charge in [0.1, 0.15) is 12.4 Å². The van der Waals surface area contributed by atoms with Crippen molar-refractivity contribution in [2.75, 3.05) is 0 Å². The summed E-state index contributed by atoms with van der Waals surface area (Å²) in [7, 11) is 0. The number of carboxylic acids is 1. The molecule has 0 N–H and O–H groups in total. The normalized spacial score (nSPS) is 11.0. The van der Waals surface area contributed by atoms with Gasteiger partial charge in [0, 0.05) is 27.4 Å². The molecule has 0 atom stereocenters. The van der Waals surface area contributed by atoms with Gasteiger partial charge in [0.2, 0.25) is 0 Å². The molecule has 0 unspecified atom stereocenters. The average Bonchev–Trinajstić information content (AvgIpc) is 3.10. The molecule has 29 heavy (non-hydrogen) atoms. The van der Waals surface area contributed by atoms with E-state index in [9.17, 15) is 23.1 Å². The fourth-order valence-corrected chi connectivity index (χ4v) is 3.64. The van der Waals surface area contributed by atoms with Crippen LogP contribution in [0.5, 0.6) is 5.75 Å². The molecule has 10 heteroatoms. The van der Waals surface area contributed by atoms with Gasteiger partial charge >= 0.3 is 35.7 Å². The van der Waals surface area contributed by atoms with Crippen molar-refractivity contribution in [3.8, 4) is 5.75 Å². The summed E-state index contributed by atoms with van der Waals surface area (Å²) < 4.78 is 45.9. The van der Waals surface area contributed by atoms with E-state index in [1.807, 2.05) is 24.3 Å². The average molecular weight is 494 g/mol. The minimum Gasteiger partial charge on any atom is -0.543 e. The van der Waals surface area contributed by atoms with Crippen molar-refractivity contribution < 1.29 is 57.4 Å². The summed E-state index contributed by atoms with van der Waals surface area (Å²) in [6, 6.07) is 10.6. The summed E-state index contributed by atoms with van der Waals surface area (Å²) in [5.41, 5.74) is 0.0399. The number of carboxylic acid groups (broad SMARTS) is 1. The summed E-state index contributed by atoms with van der Waals surface area (Å²) in [5.74, 6) is -1.16. The number of hydrogen-bond acceptors (Lipinski definition) is 5. The Morgan fingerprint density at radius 1 is 1.17 bits per heavy atom. The number of aromatic nitrogens is 1. The molecule has 146 valence electrons. The van der Waals surface area contributed by atoms with E-state index < -0.39 is 17.7 Å². The zero-order valence-electron chi connectivity index (χ0n) is 15.1. The van der Waals surface area contributed by atoms with Crippen molar-refractivity contribution in [3.63, 3.8) is 0 Å². The monoisotopic (exact) mass is 493 g/mol. The van der Waals surface area contributed by atoms with Crippen LogP contribution < -0.4 is 39.4 Å². The van der Waals surface area contributed by atoms with E-state index >= 15 is 0 Å². The first-order valence-electron chi connectivity index (χ1n) is 7.96. The van der Waals surface area contributed by atoms with Crippen molar-refractivity contribution in [1.82, 2.24) is 4.98 Å². The molecule has 0 fully saturated rings. The maximum absolute atomic E-state index is 13.1. The van der Waals surface area contributed by atoms with Gasteiger partial charge in [-0.05, 0) is 24.3 Å². The maximum Gasteiger partial charge on any atom is 1.00 e. The third kappa shape index (κ3) is 6.29. The van der Waals surface area contributed by atoms with Crippen LogP contribution in [0.3, 0.4) is 0 Å². The van der Waals surface area contributed by atoms with E-state index in [0.29, 0.717) is 5.01 Å². The third-order valence-corrected chi connectivity index (χ3v) is 5.45. The number of ether oxygens (including phenoxy) is 1. The minimum atomic E-state index is -4.51. The molecule has 0 aliphatic carbocycles. The molecule has 0 bridgehead atoms. The third-order valence-electron chi connectivity index (χ3n) is 3.83. The van der Waals surface area contributed by atoms with Gasteiger partial charge in [-0.25, -0.2) is 4.98 Å². The number of nitrogens with zero attached hydrogens (tertiary/aromatic N) is 1. The van der Waals surface area contributed by atoms with E-state index in [2.05, 4.69) is 20.9 Å². The fourth-order valence-electron chi connectivity index (χ4n) is 2.45. The van der Waals surface area contributed by atoms with Gasteiger partial charge in [-0.3, -0.25) is 0 Å². The van der Waals surface area contributed by atoms with Crippen LogP contribution in [0.25, 0.3) is 0 Å². The Kier molecular flexibility index (Phi) is 8.30.